The maximum atomic E-state index is 12.6. The molecule has 0 aliphatic carbocycles. The van der Waals surface area contributed by atoms with Gasteiger partial charge in [0.25, 0.3) is 15.9 Å². The third-order valence-electron chi connectivity index (χ3n) is 5.49. The Morgan fingerprint density at radius 1 is 0.879 bits per heavy atom. The maximum Gasteiger partial charge on any atom is 0.261 e. The van der Waals surface area contributed by atoms with Crippen LogP contribution in [-0.4, -0.2) is 34.1 Å². The van der Waals surface area contributed by atoms with Gasteiger partial charge in [-0.2, -0.15) is 0 Å². The summed E-state index contributed by atoms with van der Waals surface area (Å²) in [7, 11) is -3.71. The number of amides is 1. The highest BCUT2D eigenvalue weighted by atomic mass is 32.2. The smallest absolute Gasteiger partial charge is 0.261 e. The van der Waals surface area contributed by atoms with Gasteiger partial charge in [-0.25, -0.2) is 8.42 Å². The Bertz CT molecular complexity index is 1270. The van der Waals surface area contributed by atoms with E-state index in [-0.39, 0.29) is 10.8 Å². The lowest BCUT2D eigenvalue weighted by Gasteiger charge is -2.18. The molecule has 0 saturated heterocycles. The van der Waals surface area contributed by atoms with Crippen molar-refractivity contribution < 1.29 is 22.7 Å². The number of hydrogen-bond acceptors (Lipinski definition) is 5. The minimum atomic E-state index is -3.71. The molecule has 4 rings (SSSR count). The number of fused-ring (bicyclic) bond motifs is 1. The summed E-state index contributed by atoms with van der Waals surface area (Å²) in [6.45, 7) is 5.34. The Balaban J connectivity index is 1.33. The van der Waals surface area contributed by atoms with Crippen LogP contribution >= 0.6 is 0 Å². The predicted molar refractivity (Wildman–Crippen MR) is 127 cm³/mol. The van der Waals surface area contributed by atoms with Crippen molar-refractivity contribution in [3.05, 3.63) is 82.9 Å². The van der Waals surface area contributed by atoms with Crippen molar-refractivity contribution in [3.8, 4) is 11.5 Å². The first-order valence-corrected chi connectivity index (χ1v) is 12.2. The molecule has 1 amide bonds. The van der Waals surface area contributed by atoms with E-state index in [9.17, 15) is 13.2 Å². The quantitative estimate of drug-likeness (QED) is 0.552. The van der Waals surface area contributed by atoms with E-state index in [1.165, 1.54) is 0 Å². The van der Waals surface area contributed by atoms with Crippen molar-refractivity contribution in [2.24, 2.45) is 0 Å². The van der Waals surface area contributed by atoms with Crippen LogP contribution in [-0.2, 0) is 16.4 Å². The van der Waals surface area contributed by atoms with E-state index in [0.29, 0.717) is 37.4 Å². The van der Waals surface area contributed by atoms with Crippen LogP contribution in [0, 0.1) is 13.8 Å². The van der Waals surface area contributed by atoms with Crippen LogP contribution in [0.25, 0.3) is 0 Å². The number of ether oxygens (including phenoxy) is 2. The molecule has 1 aliphatic heterocycles. The summed E-state index contributed by atoms with van der Waals surface area (Å²) in [6, 6.07) is 17.1. The molecule has 0 spiro atoms. The largest absolute Gasteiger partial charge is 0.486 e. The first kappa shape index (κ1) is 22.7. The van der Waals surface area contributed by atoms with E-state index in [1.807, 2.05) is 32.0 Å². The number of rotatable bonds is 7. The van der Waals surface area contributed by atoms with Crippen LogP contribution in [0.1, 0.15) is 27.0 Å². The first-order chi connectivity index (χ1) is 15.8. The van der Waals surface area contributed by atoms with Crippen LogP contribution < -0.4 is 19.5 Å². The van der Waals surface area contributed by atoms with E-state index in [2.05, 4.69) is 10.0 Å². The van der Waals surface area contributed by atoms with Crippen molar-refractivity contribution in [3.63, 3.8) is 0 Å². The van der Waals surface area contributed by atoms with Crippen molar-refractivity contribution in [1.82, 2.24) is 5.32 Å². The molecule has 0 aromatic heterocycles. The highest BCUT2D eigenvalue weighted by Gasteiger charge is 2.16. The van der Waals surface area contributed by atoms with Crippen molar-refractivity contribution in [2.45, 2.75) is 25.2 Å². The lowest BCUT2D eigenvalue weighted by Crippen LogP contribution is -2.25. The molecular weight excluding hydrogens is 440 g/mol. The van der Waals surface area contributed by atoms with E-state index < -0.39 is 10.0 Å². The van der Waals surface area contributed by atoms with Crippen LogP contribution in [0.3, 0.4) is 0 Å². The molecule has 172 valence electrons. The van der Waals surface area contributed by atoms with E-state index >= 15 is 0 Å². The molecule has 7 nitrogen and oxygen atoms in total. The van der Waals surface area contributed by atoms with Crippen LogP contribution in [0.2, 0.25) is 0 Å². The summed E-state index contributed by atoms with van der Waals surface area (Å²) >= 11 is 0. The average molecular weight is 467 g/mol. The lowest BCUT2D eigenvalue weighted by molar-refractivity contribution is 0.0954. The van der Waals surface area contributed by atoms with Crippen LogP contribution in [0.5, 0.6) is 11.5 Å². The van der Waals surface area contributed by atoms with Gasteiger partial charge in [-0.3, -0.25) is 9.52 Å². The van der Waals surface area contributed by atoms with Gasteiger partial charge in [-0.1, -0.05) is 12.1 Å². The minimum absolute atomic E-state index is 0.201. The fraction of sp³-hybridized carbons (Fsp3) is 0.240. The second kappa shape index (κ2) is 9.54. The van der Waals surface area contributed by atoms with Gasteiger partial charge in [0.1, 0.15) is 13.2 Å². The average Bonchev–Trinajstić information content (AvgIpc) is 2.81. The number of benzene rings is 3. The Morgan fingerprint density at radius 2 is 1.61 bits per heavy atom. The highest BCUT2D eigenvalue weighted by Crippen LogP contribution is 2.30. The maximum absolute atomic E-state index is 12.6. The van der Waals surface area contributed by atoms with Gasteiger partial charge in [-0.05, 0) is 85.5 Å². The number of anilines is 1. The molecule has 3 aromatic rings. The molecule has 0 saturated carbocycles. The minimum Gasteiger partial charge on any atom is -0.486 e. The zero-order valence-corrected chi connectivity index (χ0v) is 19.4. The van der Waals surface area contributed by atoms with Crippen molar-refractivity contribution in [1.29, 1.82) is 0 Å². The van der Waals surface area contributed by atoms with Gasteiger partial charge in [0.05, 0.1) is 4.90 Å². The summed E-state index contributed by atoms with van der Waals surface area (Å²) in [5.41, 5.74) is 3.81. The Morgan fingerprint density at radius 3 is 2.33 bits per heavy atom. The van der Waals surface area contributed by atoms with Crippen molar-refractivity contribution in [2.75, 3.05) is 24.5 Å². The summed E-state index contributed by atoms with van der Waals surface area (Å²) in [4.78, 5) is 12.7. The predicted octanol–water partition coefficient (Wildman–Crippen LogP) is 3.85. The molecule has 0 unspecified atom stereocenters. The summed E-state index contributed by atoms with van der Waals surface area (Å²) in [5.74, 6) is 1.24. The lowest BCUT2D eigenvalue weighted by atomic mass is 10.1. The molecule has 0 bridgehead atoms. The molecule has 8 heteroatoms. The van der Waals surface area contributed by atoms with E-state index in [0.717, 1.165) is 28.2 Å². The van der Waals surface area contributed by atoms with Gasteiger partial charge in [0.2, 0.25) is 0 Å². The molecule has 1 aliphatic rings. The third-order valence-corrected chi connectivity index (χ3v) is 6.87. The number of carbonyl (C=O) groups is 1. The number of aryl methyl sites for hydroxylation is 2. The topological polar surface area (TPSA) is 93.7 Å². The zero-order chi connectivity index (χ0) is 23.4. The molecule has 3 aromatic carbocycles. The SMILES string of the molecule is Cc1ccc(S(=O)(=O)Nc2ccc(C(=O)NCCc3ccc4c(c3)OCCO4)cc2)cc1C. The highest BCUT2D eigenvalue weighted by molar-refractivity contribution is 7.92. The normalized spacial score (nSPS) is 12.8. The summed E-state index contributed by atoms with van der Waals surface area (Å²) in [5, 5.41) is 2.88. The number of nitrogens with one attached hydrogen (secondary N) is 2. The van der Waals surface area contributed by atoms with Gasteiger partial charge < -0.3 is 14.8 Å². The van der Waals surface area contributed by atoms with Gasteiger partial charge in [0.15, 0.2) is 11.5 Å². The fourth-order valence-corrected chi connectivity index (χ4v) is 4.59. The van der Waals surface area contributed by atoms with Gasteiger partial charge in [-0.15, -0.1) is 0 Å². The first-order valence-electron chi connectivity index (χ1n) is 10.7. The summed E-state index contributed by atoms with van der Waals surface area (Å²) < 4.78 is 38.9. The Labute approximate surface area is 193 Å². The van der Waals surface area contributed by atoms with Gasteiger partial charge in [0, 0.05) is 17.8 Å². The number of hydrogen-bond donors (Lipinski definition) is 2. The molecule has 2 N–H and O–H groups in total. The summed E-state index contributed by atoms with van der Waals surface area (Å²) in [6.07, 6.45) is 0.649. The standard InChI is InChI=1S/C25H26N2O5S/c1-17-3-9-22(15-18(17)2)33(29,30)27-21-7-5-20(6-8-21)25(28)26-12-11-19-4-10-23-24(16-19)32-14-13-31-23/h3-10,15-16,27H,11-14H2,1-2H3,(H,26,28). The number of carbonyl (C=O) groups excluding carboxylic acids is 1. The second-order valence-corrected chi connectivity index (χ2v) is 9.60. The Kier molecular flexibility index (Phi) is 6.55. The molecule has 33 heavy (non-hydrogen) atoms. The molecule has 0 radical (unpaired) electrons. The monoisotopic (exact) mass is 466 g/mol. The molecule has 1 heterocycles. The van der Waals surface area contributed by atoms with E-state index in [1.54, 1.807) is 42.5 Å². The molecule has 0 fully saturated rings. The number of sulfonamides is 1. The molecule has 0 atom stereocenters. The van der Waals surface area contributed by atoms with E-state index in [4.69, 9.17) is 9.47 Å². The zero-order valence-electron chi connectivity index (χ0n) is 18.6. The Hall–Kier alpha value is -3.52. The van der Waals surface area contributed by atoms with Gasteiger partial charge >= 0.3 is 0 Å². The fourth-order valence-electron chi connectivity index (χ4n) is 3.45. The van der Waals surface area contributed by atoms with Crippen LogP contribution in [0.15, 0.2) is 65.6 Å². The molecular formula is C25H26N2O5S. The second-order valence-electron chi connectivity index (χ2n) is 7.91. The van der Waals surface area contributed by atoms with Crippen molar-refractivity contribution >= 4 is 21.6 Å². The third kappa shape index (κ3) is 5.46. The van der Waals surface area contributed by atoms with Crippen LogP contribution in [0.4, 0.5) is 5.69 Å².